The molecule has 0 heterocycles. The lowest BCUT2D eigenvalue weighted by Gasteiger charge is -2.20. The third kappa shape index (κ3) is 7.48. The van der Waals surface area contributed by atoms with Crippen LogP contribution in [0.2, 0.25) is 0 Å². The minimum absolute atomic E-state index is 0.0658. The molecule has 0 bridgehead atoms. The molecule has 0 amide bonds. The first-order valence-corrected chi connectivity index (χ1v) is 13.2. The third-order valence-electron chi connectivity index (χ3n) is 6.61. The van der Waals surface area contributed by atoms with Crippen LogP contribution in [0.3, 0.4) is 0 Å². The molecule has 0 aromatic heterocycles. The second-order valence-corrected chi connectivity index (χ2v) is 9.96. The first-order valence-electron chi connectivity index (χ1n) is 13.2. The van der Waals surface area contributed by atoms with Gasteiger partial charge in [0.1, 0.15) is 57.9 Å². The number of aryl methyl sites for hydroxylation is 1. The number of allylic oxidation sites excluding steroid dienone is 1. The Kier molecular flexibility index (Phi) is 9.78. The highest BCUT2D eigenvalue weighted by Gasteiger charge is 2.41. The Bertz CT molecular complexity index is 1720. The van der Waals surface area contributed by atoms with Crippen LogP contribution in [0.1, 0.15) is 36.5 Å². The molecule has 4 aromatic rings. The molecule has 0 aliphatic rings. The van der Waals surface area contributed by atoms with Gasteiger partial charge in [-0.2, -0.15) is 22.0 Å². The zero-order valence-electron chi connectivity index (χ0n) is 23.2. The van der Waals surface area contributed by atoms with Gasteiger partial charge in [0.15, 0.2) is 0 Å². The SMILES string of the molecule is CCCCc1cc(F)c(C(F)(F)Oc2cc(F)c(-c3cc(F)c(-c4cc(F)c(/C=C/C(F)(F)F)c(F)c4)c(F)c3)c(F)c2)c(F)c1. The fraction of sp³-hybridized carbons (Fsp3) is 0.188. The van der Waals surface area contributed by atoms with E-state index in [1.165, 1.54) is 0 Å². The number of rotatable bonds is 9. The molecule has 4 aromatic carbocycles. The van der Waals surface area contributed by atoms with Gasteiger partial charge >= 0.3 is 12.3 Å². The largest absolute Gasteiger partial charge is 0.432 e. The lowest BCUT2D eigenvalue weighted by molar-refractivity contribution is -0.189. The maximum absolute atomic E-state index is 15.0. The number of benzene rings is 4. The average Bonchev–Trinajstić information content (AvgIpc) is 2.89. The molecule has 0 unspecified atom stereocenters. The van der Waals surface area contributed by atoms with Gasteiger partial charge in [-0.1, -0.05) is 13.3 Å². The number of alkyl halides is 5. The molecular weight excluding hydrogens is 647 g/mol. The fourth-order valence-electron chi connectivity index (χ4n) is 4.57. The van der Waals surface area contributed by atoms with Gasteiger partial charge in [-0.05, 0) is 72.0 Å². The minimum Gasteiger partial charge on any atom is -0.429 e. The normalized spacial score (nSPS) is 12.3. The topological polar surface area (TPSA) is 9.23 Å². The van der Waals surface area contributed by atoms with Crippen molar-refractivity contribution in [2.75, 3.05) is 0 Å². The highest BCUT2D eigenvalue weighted by Crippen LogP contribution is 2.39. The highest BCUT2D eigenvalue weighted by molar-refractivity contribution is 5.74. The Morgan fingerprint density at radius 2 is 1.02 bits per heavy atom. The van der Waals surface area contributed by atoms with Crippen LogP contribution in [0.25, 0.3) is 28.3 Å². The molecule has 0 saturated carbocycles. The molecule has 1 nitrogen and oxygen atoms in total. The van der Waals surface area contributed by atoms with Crippen LogP contribution in [0.15, 0.2) is 54.6 Å². The van der Waals surface area contributed by atoms with E-state index < -0.39 is 104 Å². The van der Waals surface area contributed by atoms with Crippen molar-refractivity contribution in [3.8, 4) is 28.0 Å². The van der Waals surface area contributed by atoms with Crippen molar-refractivity contribution in [2.24, 2.45) is 0 Å². The Balaban J connectivity index is 1.66. The Morgan fingerprint density at radius 1 is 0.587 bits per heavy atom. The summed E-state index contributed by atoms with van der Waals surface area (Å²) in [6, 6.07) is 3.02. The van der Waals surface area contributed by atoms with Crippen LogP contribution in [0.4, 0.5) is 57.1 Å². The number of hydrogen-bond donors (Lipinski definition) is 0. The maximum atomic E-state index is 15.0. The van der Waals surface area contributed by atoms with Crippen molar-refractivity contribution in [1.29, 1.82) is 0 Å². The van der Waals surface area contributed by atoms with Crippen LogP contribution in [-0.4, -0.2) is 6.18 Å². The summed E-state index contributed by atoms with van der Waals surface area (Å²) in [6.45, 7) is 1.80. The first kappa shape index (κ1) is 34.4. The summed E-state index contributed by atoms with van der Waals surface area (Å²) in [5, 5.41) is 0. The van der Waals surface area contributed by atoms with Gasteiger partial charge in [0, 0.05) is 23.8 Å². The number of hydrogen-bond acceptors (Lipinski definition) is 1. The molecule has 0 aliphatic carbocycles. The second-order valence-electron chi connectivity index (χ2n) is 9.96. The second kappa shape index (κ2) is 13.1. The predicted octanol–water partition coefficient (Wildman–Crippen LogP) is 11.2. The van der Waals surface area contributed by atoms with Gasteiger partial charge in [-0.15, -0.1) is 0 Å². The minimum atomic E-state index is -4.92. The van der Waals surface area contributed by atoms with Gasteiger partial charge in [0.05, 0.1) is 11.1 Å². The van der Waals surface area contributed by atoms with Crippen LogP contribution in [0, 0.1) is 46.5 Å². The van der Waals surface area contributed by atoms with Crippen molar-refractivity contribution in [3.05, 3.63) is 118 Å². The van der Waals surface area contributed by atoms with Crippen molar-refractivity contribution in [1.82, 2.24) is 0 Å². The molecule has 0 saturated heterocycles. The molecule has 0 spiro atoms. The Morgan fingerprint density at radius 3 is 1.46 bits per heavy atom. The van der Waals surface area contributed by atoms with Crippen LogP contribution >= 0.6 is 0 Å². The summed E-state index contributed by atoms with van der Waals surface area (Å²) in [4.78, 5) is 0. The lowest BCUT2D eigenvalue weighted by Crippen LogP contribution is -2.25. The summed E-state index contributed by atoms with van der Waals surface area (Å²) in [5.74, 6) is -14.5. The molecule has 46 heavy (non-hydrogen) atoms. The predicted molar refractivity (Wildman–Crippen MR) is 142 cm³/mol. The fourth-order valence-corrected chi connectivity index (χ4v) is 4.57. The Labute approximate surface area is 252 Å². The third-order valence-corrected chi connectivity index (χ3v) is 6.61. The van der Waals surface area contributed by atoms with E-state index in [2.05, 4.69) is 4.74 Å². The van der Waals surface area contributed by atoms with Crippen LogP contribution < -0.4 is 4.74 Å². The van der Waals surface area contributed by atoms with E-state index in [1.54, 1.807) is 6.92 Å². The van der Waals surface area contributed by atoms with Gasteiger partial charge in [-0.25, -0.2) is 35.1 Å². The number of unbranched alkanes of at least 4 members (excludes halogenated alkanes) is 1. The monoisotopic (exact) mass is 666 g/mol. The van der Waals surface area contributed by atoms with Crippen LogP contribution in [0.5, 0.6) is 5.75 Å². The molecule has 14 heteroatoms. The summed E-state index contributed by atoms with van der Waals surface area (Å²) < 4.78 is 188. The van der Waals surface area contributed by atoms with Crippen molar-refractivity contribution >= 4 is 6.08 Å². The standard InChI is InChI=1S/C32H19F13O/c1-2-3-4-15-7-26(39)30(27(40)8-15)32(44,45)46-18-13-24(37)29(25(38)14-18)17-11-22(35)28(23(36)12-17)16-9-20(33)19(21(34)10-16)5-6-31(41,42)43/h5-14H,2-4H2,1H3/b6-5+. The number of ether oxygens (including phenoxy) is 1. The van der Waals surface area contributed by atoms with E-state index in [-0.39, 0.29) is 30.2 Å². The van der Waals surface area contributed by atoms with Gasteiger partial charge in [-0.3, -0.25) is 0 Å². The molecule has 0 aliphatic heterocycles. The van der Waals surface area contributed by atoms with Crippen molar-refractivity contribution < 1.29 is 61.8 Å². The van der Waals surface area contributed by atoms with Gasteiger partial charge in [0.25, 0.3) is 0 Å². The zero-order valence-corrected chi connectivity index (χ0v) is 23.2. The first-order chi connectivity index (χ1) is 21.4. The van der Waals surface area contributed by atoms with Crippen molar-refractivity contribution in [2.45, 2.75) is 38.5 Å². The van der Waals surface area contributed by atoms with E-state index in [0.717, 1.165) is 0 Å². The summed E-state index contributed by atoms with van der Waals surface area (Å²) in [5.41, 5.74) is -6.84. The molecule has 4 rings (SSSR count). The van der Waals surface area contributed by atoms with Crippen molar-refractivity contribution in [3.63, 3.8) is 0 Å². The quantitative estimate of drug-likeness (QED) is 0.162. The van der Waals surface area contributed by atoms with E-state index >= 15 is 0 Å². The summed E-state index contributed by atoms with van der Waals surface area (Å²) in [6.07, 6.45) is -8.71. The molecule has 0 atom stereocenters. The smallest absolute Gasteiger partial charge is 0.429 e. The summed E-state index contributed by atoms with van der Waals surface area (Å²) >= 11 is 0. The zero-order chi connectivity index (χ0) is 34.1. The van der Waals surface area contributed by atoms with E-state index in [9.17, 15) is 57.1 Å². The maximum Gasteiger partial charge on any atom is 0.432 e. The van der Waals surface area contributed by atoms with E-state index in [1.807, 2.05) is 0 Å². The van der Waals surface area contributed by atoms with E-state index in [0.29, 0.717) is 49.2 Å². The van der Waals surface area contributed by atoms with Crippen LogP contribution in [-0.2, 0) is 12.5 Å². The van der Waals surface area contributed by atoms with Gasteiger partial charge in [0.2, 0.25) is 0 Å². The lowest BCUT2D eigenvalue weighted by atomic mass is 9.97. The summed E-state index contributed by atoms with van der Waals surface area (Å²) in [7, 11) is 0. The van der Waals surface area contributed by atoms with E-state index in [4.69, 9.17) is 0 Å². The molecule has 0 N–H and O–H groups in total. The highest BCUT2D eigenvalue weighted by atomic mass is 19.4. The molecule has 0 fully saturated rings. The van der Waals surface area contributed by atoms with Gasteiger partial charge < -0.3 is 4.74 Å². The Hall–Kier alpha value is -4.49. The molecule has 244 valence electrons. The molecular formula is C32H19F13O. The number of halogens is 13. The average molecular weight is 666 g/mol. The molecule has 0 radical (unpaired) electrons.